The van der Waals surface area contributed by atoms with E-state index < -0.39 is 0 Å². The molecule has 0 aliphatic carbocycles. The maximum Gasteiger partial charge on any atom is 0.267 e. The van der Waals surface area contributed by atoms with E-state index in [1.807, 2.05) is 0 Å². The molecule has 1 amide bonds. The summed E-state index contributed by atoms with van der Waals surface area (Å²) in [6.07, 6.45) is 1.55. The fourth-order valence-electron chi connectivity index (χ4n) is 1.44. The lowest BCUT2D eigenvalue weighted by Gasteiger charge is -2.02. The summed E-state index contributed by atoms with van der Waals surface area (Å²) >= 11 is 1.29. The Balaban J connectivity index is 2.11. The van der Waals surface area contributed by atoms with E-state index in [2.05, 4.69) is 22.1 Å². The summed E-state index contributed by atoms with van der Waals surface area (Å²) in [7, 11) is 1.55. The molecule has 0 atom stereocenters. The molecule has 5 nitrogen and oxygen atoms in total. The molecule has 0 saturated heterocycles. The lowest BCUT2D eigenvalue weighted by Crippen LogP contribution is -2.11. The molecule has 0 aromatic carbocycles. The molecule has 20 heavy (non-hydrogen) atoms. The number of aromatic nitrogens is 1. The average molecular weight is 288 g/mol. The lowest BCUT2D eigenvalue weighted by molar-refractivity contribution is 0.103. The molecule has 2 N–H and O–H groups in total. The molecular formula is C14H12N2O3S. The van der Waals surface area contributed by atoms with Crippen molar-refractivity contribution >= 4 is 23.1 Å². The summed E-state index contributed by atoms with van der Waals surface area (Å²) in [6, 6.07) is 5.01. The van der Waals surface area contributed by atoms with Crippen molar-refractivity contribution in [2.24, 2.45) is 0 Å². The van der Waals surface area contributed by atoms with Crippen molar-refractivity contribution in [2.45, 2.75) is 0 Å². The smallest absolute Gasteiger partial charge is 0.267 e. The first-order chi connectivity index (χ1) is 9.72. The number of hydrogen-bond donors (Lipinski definition) is 2. The Morgan fingerprint density at radius 3 is 3.10 bits per heavy atom. The molecule has 0 saturated carbocycles. The van der Waals surface area contributed by atoms with Gasteiger partial charge in [-0.15, -0.1) is 11.3 Å². The molecule has 2 aromatic rings. The Morgan fingerprint density at radius 2 is 2.40 bits per heavy atom. The zero-order valence-electron chi connectivity index (χ0n) is 10.7. The van der Waals surface area contributed by atoms with Crippen LogP contribution in [0.2, 0.25) is 0 Å². The molecule has 102 valence electrons. The van der Waals surface area contributed by atoms with Gasteiger partial charge in [0.25, 0.3) is 5.91 Å². The minimum atomic E-state index is -0.252. The van der Waals surface area contributed by atoms with Gasteiger partial charge in [-0.05, 0) is 12.1 Å². The number of anilines is 1. The predicted molar refractivity (Wildman–Crippen MR) is 77.0 cm³/mol. The van der Waals surface area contributed by atoms with Crippen LogP contribution in [0.5, 0.6) is 5.75 Å². The highest BCUT2D eigenvalue weighted by Crippen LogP contribution is 2.21. The molecule has 0 unspecified atom stereocenters. The van der Waals surface area contributed by atoms with Crippen LogP contribution in [0.1, 0.15) is 15.2 Å². The number of pyridine rings is 1. The van der Waals surface area contributed by atoms with Crippen molar-refractivity contribution in [2.75, 3.05) is 19.0 Å². The first kappa shape index (κ1) is 14.1. The zero-order valence-corrected chi connectivity index (χ0v) is 11.5. The molecule has 0 bridgehead atoms. The second-order valence-electron chi connectivity index (χ2n) is 3.69. The fourth-order valence-corrected chi connectivity index (χ4v) is 2.19. The summed E-state index contributed by atoms with van der Waals surface area (Å²) in [5.74, 6) is 6.10. The van der Waals surface area contributed by atoms with Gasteiger partial charge >= 0.3 is 0 Å². The van der Waals surface area contributed by atoms with Crippen LogP contribution in [0, 0.1) is 11.8 Å². The third-order valence-electron chi connectivity index (χ3n) is 2.35. The van der Waals surface area contributed by atoms with Gasteiger partial charge in [0.2, 0.25) is 0 Å². The predicted octanol–water partition coefficient (Wildman–Crippen LogP) is 1.75. The van der Waals surface area contributed by atoms with Gasteiger partial charge in [0.05, 0.1) is 12.0 Å². The molecule has 0 spiro atoms. The summed E-state index contributed by atoms with van der Waals surface area (Å²) < 4.78 is 5.03. The van der Waals surface area contributed by atoms with E-state index in [0.29, 0.717) is 22.0 Å². The van der Waals surface area contributed by atoms with Crippen LogP contribution < -0.4 is 10.1 Å². The average Bonchev–Trinajstić information content (AvgIpc) is 2.94. The van der Waals surface area contributed by atoms with Crippen LogP contribution in [0.25, 0.3) is 0 Å². The van der Waals surface area contributed by atoms with E-state index in [-0.39, 0.29) is 12.5 Å². The lowest BCUT2D eigenvalue weighted by atomic mass is 10.2. The largest absolute Gasteiger partial charge is 0.496 e. The number of nitrogens with one attached hydrogen (secondary N) is 1. The molecule has 0 radical (unpaired) electrons. The number of thiophene rings is 1. The van der Waals surface area contributed by atoms with E-state index in [4.69, 9.17) is 9.84 Å². The number of aliphatic hydroxyl groups excluding tert-OH is 1. The maximum absolute atomic E-state index is 12.0. The molecular weight excluding hydrogens is 276 g/mol. The minimum Gasteiger partial charge on any atom is -0.496 e. The van der Waals surface area contributed by atoms with Crippen LogP contribution in [0.4, 0.5) is 5.82 Å². The molecule has 0 aliphatic rings. The molecule has 2 aromatic heterocycles. The first-order valence-corrected chi connectivity index (χ1v) is 6.60. The number of carbonyl (C=O) groups excluding carboxylic acids is 1. The van der Waals surface area contributed by atoms with E-state index in [0.717, 1.165) is 0 Å². The minimum absolute atomic E-state index is 0.209. The quantitative estimate of drug-likeness (QED) is 0.844. The van der Waals surface area contributed by atoms with Gasteiger partial charge in [-0.25, -0.2) is 4.98 Å². The zero-order chi connectivity index (χ0) is 14.4. The highest BCUT2D eigenvalue weighted by molar-refractivity contribution is 7.12. The number of ether oxygens (including phenoxy) is 1. The highest BCUT2D eigenvalue weighted by atomic mass is 32.1. The van der Waals surface area contributed by atoms with Crippen molar-refractivity contribution in [3.05, 3.63) is 40.2 Å². The van der Waals surface area contributed by atoms with Crippen molar-refractivity contribution in [1.82, 2.24) is 4.98 Å². The maximum atomic E-state index is 12.0. The number of hydrogen-bond acceptors (Lipinski definition) is 5. The number of methoxy groups -OCH3 is 1. The van der Waals surface area contributed by atoms with E-state index in [9.17, 15) is 4.79 Å². The van der Waals surface area contributed by atoms with Gasteiger partial charge < -0.3 is 15.2 Å². The Bertz CT molecular complexity index is 670. The van der Waals surface area contributed by atoms with Gasteiger partial charge in [-0.3, -0.25) is 4.79 Å². The van der Waals surface area contributed by atoms with Gasteiger partial charge in [-0.1, -0.05) is 11.8 Å². The number of amides is 1. The van der Waals surface area contributed by atoms with Crippen LogP contribution in [-0.4, -0.2) is 29.7 Å². The highest BCUT2D eigenvalue weighted by Gasteiger charge is 2.10. The fraction of sp³-hybridized carbons (Fsp3) is 0.143. The monoisotopic (exact) mass is 288 g/mol. The van der Waals surface area contributed by atoms with Crippen LogP contribution >= 0.6 is 11.3 Å². The molecule has 2 heterocycles. The van der Waals surface area contributed by atoms with Crippen LogP contribution in [-0.2, 0) is 0 Å². The third-order valence-corrected chi connectivity index (χ3v) is 3.26. The van der Waals surface area contributed by atoms with E-state index in [1.54, 1.807) is 36.9 Å². The normalized spacial score (nSPS) is 9.50. The van der Waals surface area contributed by atoms with Crippen molar-refractivity contribution in [1.29, 1.82) is 0 Å². The van der Waals surface area contributed by atoms with E-state index in [1.165, 1.54) is 11.3 Å². The third kappa shape index (κ3) is 3.57. The Kier molecular flexibility index (Phi) is 4.71. The Labute approximate surface area is 120 Å². The molecule has 2 rings (SSSR count). The van der Waals surface area contributed by atoms with Gasteiger partial charge in [0, 0.05) is 23.2 Å². The van der Waals surface area contributed by atoms with Gasteiger partial charge in [0.1, 0.15) is 18.2 Å². The number of nitrogens with zero attached hydrogens (tertiary/aromatic N) is 1. The second kappa shape index (κ2) is 6.70. The summed E-state index contributed by atoms with van der Waals surface area (Å²) in [5.41, 5.74) is 0.674. The topological polar surface area (TPSA) is 71.5 Å². The standard InChI is InChI=1S/C14H12N2O3S/c1-19-11-8-12(20-9-11)14(18)16-13-7-10(3-2-6-17)4-5-15-13/h4-5,7-9,17H,6H2,1H3,(H,15,16,18). The first-order valence-electron chi connectivity index (χ1n) is 5.72. The summed E-state index contributed by atoms with van der Waals surface area (Å²) in [4.78, 5) is 16.6. The number of aliphatic hydroxyl groups is 1. The van der Waals surface area contributed by atoms with Gasteiger partial charge in [0.15, 0.2) is 0 Å². The van der Waals surface area contributed by atoms with E-state index >= 15 is 0 Å². The number of rotatable bonds is 3. The molecule has 6 heteroatoms. The second-order valence-corrected chi connectivity index (χ2v) is 4.61. The SMILES string of the molecule is COc1csc(C(=O)Nc2cc(C#CCO)ccn2)c1. The van der Waals surface area contributed by atoms with Crippen LogP contribution in [0.3, 0.4) is 0 Å². The number of carbonyl (C=O) groups is 1. The van der Waals surface area contributed by atoms with Crippen molar-refractivity contribution in [3.8, 4) is 17.6 Å². The van der Waals surface area contributed by atoms with Crippen molar-refractivity contribution in [3.63, 3.8) is 0 Å². The van der Waals surface area contributed by atoms with Crippen molar-refractivity contribution < 1.29 is 14.6 Å². The Hall–Kier alpha value is -2.36. The molecule has 0 aliphatic heterocycles. The summed E-state index contributed by atoms with van der Waals surface area (Å²) in [6.45, 7) is -0.209. The Morgan fingerprint density at radius 1 is 1.55 bits per heavy atom. The summed E-state index contributed by atoms with van der Waals surface area (Å²) in [5, 5.41) is 13.1. The molecule has 0 fully saturated rings. The van der Waals surface area contributed by atoms with Crippen LogP contribution in [0.15, 0.2) is 29.8 Å². The van der Waals surface area contributed by atoms with Gasteiger partial charge in [-0.2, -0.15) is 0 Å².